The minimum absolute atomic E-state index is 0.103. The molecule has 46 heavy (non-hydrogen) atoms. The Morgan fingerprint density at radius 2 is 1.09 bits per heavy atom. The summed E-state index contributed by atoms with van der Waals surface area (Å²) in [5.74, 6) is 0. The number of carbonyl (C=O) groups excluding carboxylic acids is 2. The molecule has 0 aromatic heterocycles. The number of hydrogen-bond donors (Lipinski definition) is 3. The van der Waals surface area contributed by atoms with E-state index in [1.807, 2.05) is 82.3 Å². The molecule has 0 saturated carbocycles. The average Bonchev–Trinajstić information content (AvgIpc) is 2.93. The van der Waals surface area contributed by atoms with Gasteiger partial charge in [0.1, 0.15) is 16.9 Å². The van der Waals surface area contributed by atoms with Gasteiger partial charge in [-0.25, -0.2) is 9.59 Å². The molecule has 4 N–H and O–H groups in total. The molecule has 0 aliphatic rings. The fourth-order valence-electron chi connectivity index (χ4n) is 4.42. The van der Waals surface area contributed by atoms with E-state index in [-0.39, 0.29) is 11.4 Å². The average molecular weight is 627 g/mol. The van der Waals surface area contributed by atoms with Crippen LogP contribution in [-0.2, 0) is 9.47 Å². The first-order valence-corrected chi connectivity index (χ1v) is 14.7. The summed E-state index contributed by atoms with van der Waals surface area (Å²) in [6, 6.07) is 26.0. The van der Waals surface area contributed by atoms with Gasteiger partial charge in [0.05, 0.1) is 16.3 Å². The molecule has 0 fully saturated rings. The molecule has 0 heterocycles. The zero-order valence-corrected chi connectivity index (χ0v) is 27.6. The molecule has 0 bridgehead atoms. The predicted molar refractivity (Wildman–Crippen MR) is 184 cm³/mol. The third kappa shape index (κ3) is 10.4. The first-order chi connectivity index (χ1) is 21.4. The molecule has 4 aromatic rings. The van der Waals surface area contributed by atoms with Gasteiger partial charge in [0.2, 0.25) is 0 Å². The van der Waals surface area contributed by atoms with Gasteiger partial charge in [-0.1, -0.05) is 60.7 Å². The van der Waals surface area contributed by atoms with E-state index in [1.54, 1.807) is 32.9 Å². The summed E-state index contributed by atoms with van der Waals surface area (Å²) in [4.78, 5) is 34.5. The zero-order valence-electron chi connectivity index (χ0n) is 27.6. The van der Waals surface area contributed by atoms with Crippen LogP contribution in [0.15, 0.2) is 84.9 Å². The minimum Gasteiger partial charge on any atom is -0.444 e. The first-order valence-electron chi connectivity index (χ1n) is 14.7. The van der Waals surface area contributed by atoms with E-state index in [1.165, 1.54) is 17.7 Å². The molecule has 4 rings (SSSR count). The van der Waals surface area contributed by atoms with Crippen LogP contribution in [0.4, 0.5) is 32.3 Å². The number of ether oxygens (including phenoxy) is 2. The fraction of sp³-hybridized carbons (Fsp3) is 0.278. The highest BCUT2D eigenvalue weighted by molar-refractivity contribution is 5.91. The number of anilines is 3. The smallest absolute Gasteiger partial charge is 0.412 e. The fourth-order valence-corrected chi connectivity index (χ4v) is 4.42. The third-order valence-electron chi connectivity index (χ3n) is 6.43. The van der Waals surface area contributed by atoms with Crippen LogP contribution in [0, 0.1) is 24.0 Å². The summed E-state index contributed by atoms with van der Waals surface area (Å²) in [5, 5.41) is 16.5. The number of nitro groups is 1. The maximum absolute atomic E-state index is 11.9. The van der Waals surface area contributed by atoms with Crippen LogP contribution < -0.4 is 16.4 Å². The summed E-state index contributed by atoms with van der Waals surface area (Å²) in [6.07, 6.45) is -1.24. The molecule has 2 amide bonds. The van der Waals surface area contributed by atoms with Gasteiger partial charge in [-0.15, -0.1) is 0 Å². The Morgan fingerprint density at radius 1 is 0.674 bits per heavy atom. The second-order valence-electron chi connectivity index (χ2n) is 12.7. The Labute approximate surface area is 270 Å². The molecule has 4 aromatic carbocycles. The van der Waals surface area contributed by atoms with E-state index in [9.17, 15) is 19.7 Å². The second-order valence-corrected chi connectivity index (χ2v) is 12.7. The minimum atomic E-state index is -0.728. The van der Waals surface area contributed by atoms with Crippen molar-refractivity contribution >= 4 is 34.9 Å². The van der Waals surface area contributed by atoms with Crippen molar-refractivity contribution in [3.63, 3.8) is 0 Å². The largest absolute Gasteiger partial charge is 0.444 e. The van der Waals surface area contributed by atoms with Crippen LogP contribution in [0.1, 0.15) is 52.7 Å². The lowest BCUT2D eigenvalue weighted by Gasteiger charge is -2.20. The third-order valence-corrected chi connectivity index (χ3v) is 6.43. The zero-order chi connectivity index (χ0) is 34.2. The SMILES string of the molecule is Cc1ccccc1-c1ccc(NC(=O)OC(C)(C)C)c(N)c1.Cc1ccccc1-c1ccc(NC(=O)OC(C)(C)C)c([N+](=O)[O-])c1. The van der Waals surface area contributed by atoms with E-state index < -0.39 is 28.3 Å². The van der Waals surface area contributed by atoms with Crippen molar-refractivity contribution in [2.75, 3.05) is 16.4 Å². The van der Waals surface area contributed by atoms with E-state index in [4.69, 9.17) is 15.2 Å². The highest BCUT2D eigenvalue weighted by Crippen LogP contribution is 2.33. The lowest BCUT2D eigenvalue weighted by molar-refractivity contribution is -0.383. The molecule has 10 nitrogen and oxygen atoms in total. The Balaban J connectivity index is 0.000000251. The van der Waals surface area contributed by atoms with E-state index in [0.717, 1.165) is 27.8 Å². The van der Waals surface area contributed by atoms with Gasteiger partial charge in [-0.2, -0.15) is 0 Å². The predicted octanol–water partition coefficient (Wildman–Crippen LogP) is 9.51. The molecule has 0 unspecified atom stereocenters. The standard InChI is InChI=1S/C18H20N2O4.C18H22N2O2/c1-12-7-5-6-8-14(12)13-9-10-15(16(11-13)20(22)23)19-17(21)24-18(2,3)4;1-12-7-5-6-8-14(12)13-9-10-16(15(19)11-13)20-17(21)22-18(2,3)4/h5-11H,1-4H3,(H,19,21);5-11H,19H2,1-4H3,(H,20,21). The van der Waals surface area contributed by atoms with Gasteiger partial charge in [0.25, 0.3) is 5.69 Å². The number of rotatable bonds is 5. The van der Waals surface area contributed by atoms with Crippen LogP contribution >= 0.6 is 0 Å². The number of nitrogens with one attached hydrogen (secondary N) is 2. The van der Waals surface area contributed by atoms with E-state index in [0.29, 0.717) is 11.4 Å². The van der Waals surface area contributed by atoms with Gasteiger partial charge >= 0.3 is 12.2 Å². The van der Waals surface area contributed by atoms with Crippen LogP contribution in [0.5, 0.6) is 0 Å². The molecule has 10 heteroatoms. The normalized spacial score (nSPS) is 11.0. The number of benzene rings is 4. The lowest BCUT2D eigenvalue weighted by Crippen LogP contribution is -2.27. The quantitative estimate of drug-likeness (QED) is 0.114. The van der Waals surface area contributed by atoms with Gasteiger partial charge in [-0.05, 0) is 107 Å². The van der Waals surface area contributed by atoms with Gasteiger partial charge in [-0.3, -0.25) is 20.7 Å². The van der Waals surface area contributed by atoms with Gasteiger partial charge in [0, 0.05) is 6.07 Å². The Kier molecular flexibility index (Phi) is 11.1. The van der Waals surface area contributed by atoms with Crippen LogP contribution in [0.25, 0.3) is 22.3 Å². The monoisotopic (exact) mass is 626 g/mol. The van der Waals surface area contributed by atoms with Gasteiger partial charge < -0.3 is 15.2 Å². The first kappa shape index (κ1) is 35.1. The van der Waals surface area contributed by atoms with Crippen molar-refractivity contribution in [2.45, 2.75) is 66.6 Å². The summed E-state index contributed by atoms with van der Waals surface area (Å²) in [7, 11) is 0. The molecule has 0 saturated heterocycles. The van der Waals surface area contributed by atoms with Crippen molar-refractivity contribution in [1.29, 1.82) is 0 Å². The van der Waals surface area contributed by atoms with Crippen molar-refractivity contribution in [2.24, 2.45) is 0 Å². The van der Waals surface area contributed by atoms with Gasteiger partial charge in [0.15, 0.2) is 0 Å². The van der Waals surface area contributed by atoms with Crippen LogP contribution in [-0.4, -0.2) is 28.3 Å². The maximum Gasteiger partial charge on any atom is 0.412 e. The number of nitrogens with two attached hydrogens (primary N) is 1. The number of amides is 2. The molecule has 0 aliphatic carbocycles. The van der Waals surface area contributed by atoms with E-state index >= 15 is 0 Å². The molecule has 242 valence electrons. The summed E-state index contributed by atoms with van der Waals surface area (Å²) in [5.41, 5.74) is 11.8. The van der Waals surface area contributed by atoms with Crippen molar-refractivity contribution in [1.82, 2.24) is 0 Å². The Bertz CT molecular complexity index is 1720. The summed E-state index contributed by atoms with van der Waals surface area (Å²) < 4.78 is 10.4. The molecule has 0 radical (unpaired) electrons. The van der Waals surface area contributed by atoms with E-state index in [2.05, 4.69) is 23.6 Å². The Hall–Kier alpha value is -5.38. The van der Waals surface area contributed by atoms with Crippen LogP contribution in [0.3, 0.4) is 0 Å². The van der Waals surface area contributed by atoms with Crippen molar-refractivity contribution < 1.29 is 24.0 Å². The Morgan fingerprint density at radius 3 is 1.50 bits per heavy atom. The molecule has 0 aliphatic heterocycles. The molecule has 0 spiro atoms. The number of nitro benzene ring substituents is 1. The molecular weight excluding hydrogens is 584 g/mol. The summed E-state index contributed by atoms with van der Waals surface area (Å²) >= 11 is 0. The number of nitrogen functional groups attached to an aromatic ring is 1. The number of aryl methyl sites for hydroxylation is 2. The second kappa shape index (κ2) is 14.6. The highest BCUT2D eigenvalue weighted by atomic mass is 16.6. The molecular formula is C36H42N4O6. The van der Waals surface area contributed by atoms with Crippen molar-refractivity contribution in [3.05, 3.63) is 106 Å². The summed E-state index contributed by atoms with van der Waals surface area (Å²) in [6.45, 7) is 14.6. The maximum atomic E-state index is 11.9. The lowest BCUT2D eigenvalue weighted by atomic mass is 10.00. The highest BCUT2D eigenvalue weighted by Gasteiger charge is 2.22. The van der Waals surface area contributed by atoms with Crippen molar-refractivity contribution in [3.8, 4) is 22.3 Å². The van der Waals surface area contributed by atoms with Crippen LogP contribution in [0.2, 0.25) is 0 Å². The number of carbonyl (C=O) groups is 2. The number of nitrogens with zero attached hydrogens (tertiary/aromatic N) is 1. The topological polar surface area (TPSA) is 146 Å². The molecule has 0 atom stereocenters. The number of hydrogen-bond acceptors (Lipinski definition) is 7.